The zero-order valence-corrected chi connectivity index (χ0v) is 7.44. The van der Waals surface area contributed by atoms with Gasteiger partial charge >= 0.3 is 0 Å². The second-order valence-electron chi connectivity index (χ2n) is 2.39. The van der Waals surface area contributed by atoms with E-state index in [1.54, 1.807) is 0 Å². The number of thiol groups is 1. The molecule has 0 saturated heterocycles. The Morgan fingerprint density at radius 1 is 1.64 bits per heavy atom. The van der Waals surface area contributed by atoms with Gasteiger partial charge in [-0.05, 0) is 12.0 Å². The van der Waals surface area contributed by atoms with Crippen molar-refractivity contribution in [2.24, 2.45) is 0 Å². The lowest BCUT2D eigenvalue weighted by atomic mass is 9.92. The Morgan fingerprint density at radius 2 is 2.36 bits per heavy atom. The van der Waals surface area contributed by atoms with Gasteiger partial charge in [-0.3, -0.25) is 4.98 Å². The molecule has 1 nitrogen and oxygen atoms in total. The molecular weight excluding hydrogens is 153 g/mol. The molecule has 1 rings (SSSR count). The predicted molar refractivity (Wildman–Crippen MR) is 51.7 cm³/mol. The van der Waals surface area contributed by atoms with E-state index in [9.17, 15) is 0 Å². The normalized spacial score (nSPS) is 10.0. The van der Waals surface area contributed by atoms with E-state index in [2.05, 4.69) is 17.6 Å². The van der Waals surface area contributed by atoms with Gasteiger partial charge in [0.05, 0.1) is 0 Å². The van der Waals surface area contributed by atoms with Crippen molar-refractivity contribution in [1.82, 2.24) is 4.98 Å². The van der Waals surface area contributed by atoms with Crippen molar-refractivity contribution < 1.29 is 0 Å². The molecule has 0 aromatic carbocycles. The highest BCUT2D eigenvalue weighted by Gasteiger charge is 1.96. The van der Waals surface area contributed by atoms with Crippen molar-refractivity contribution in [3.05, 3.63) is 23.5 Å². The van der Waals surface area contributed by atoms with Crippen LogP contribution in [0.5, 0.6) is 0 Å². The lowest BCUT2D eigenvalue weighted by Crippen LogP contribution is -2.12. The fourth-order valence-electron chi connectivity index (χ4n) is 0.938. The van der Waals surface area contributed by atoms with Gasteiger partial charge < -0.3 is 0 Å². The van der Waals surface area contributed by atoms with E-state index in [1.165, 1.54) is 0 Å². The second kappa shape index (κ2) is 3.81. The highest BCUT2D eigenvalue weighted by Crippen LogP contribution is 2.00. The highest BCUT2D eigenvalue weighted by atomic mass is 32.1. The summed E-state index contributed by atoms with van der Waals surface area (Å²) in [6, 6.07) is 1.93. The van der Waals surface area contributed by atoms with Gasteiger partial charge in [-0.15, -0.1) is 0 Å². The molecule has 0 saturated carbocycles. The average molecular weight is 163 g/mol. The Labute approximate surface area is 74.1 Å². The minimum Gasteiger partial charge on any atom is -0.262 e. The zero-order valence-electron chi connectivity index (χ0n) is 6.54. The molecule has 0 amide bonds. The fraction of sp³-hybridized carbons (Fsp3) is 0.375. The highest BCUT2D eigenvalue weighted by molar-refractivity contribution is 7.79. The van der Waals surface area contributed by atoms with E-state index >= 15 is 0 Å². The van der Waals surface area contributed by atoms with Gasteiger partial charge in [0, 0.05) is 17.6 Å². The third-order valence-corrected chi connectivity index (χ3v) is 1.94. The molecule has 3 heteroatoms. The van der Waals surface area contributed by atoms with Gasteiger partial charge in [-0.25, -0.2) is 0 Å². The van der Waals surface area contributed by atoms with Crippen molar-refractivity contribution >= 4 is 25.9 Å². The first-order chi connectivity index (χ1) is 5.27. The summed E-state index contributed by atoms with van der Waals surface area (Å²) < 4.78 is 0. The number of nitrogens with zero attached hydrogens (tertiary/aromatic N) is 1. The van der Waals surface area contributed by atoms with Crippen LogP contribution in [-0.2, 0) is 12.2 Å². The molecule has 0 fully saturated rings. The van der Waals surface area contributed by atoms with Crippen LogP contribution in [0.15, 0.2) is 12.3 Å². The van der Waals surface area contributed by atoms with Crippen LogP contribution in [0.4, 0.5) is 0 Å². The molecule has 1 aromatic rings. The molecule has 0 spiro atoms. The van der Waals surface area contributed by atoms with Crippen LogP contribution in [0.2, 0.25) is 0 Å². The molecule has 0 aliphatic carbocycles. The summed E-state index contributed by atoms with van der Waals surface area (Å²) in [7, 11) is 5.71. The smallest absolute Gasteiger partial charge is 0.116 e. The molecular formula is C8H10BNS. The van der Waals surface area contributed by atoms with Gasteiger partial charge in [0.2, 0.25) is 0 Å². The van der Waals surface area contributed by atoms with Gasteiger partial charge in [0.1, 0.15) is 7.85 Å². The standard InChI is InChI=1S/C8H10BNS/c1-2-8-7(9)3-6(5-11)4-10-8/h3-4,11H,2,5H2,1H3. The minimum atomic E-state index is 0.696. The average Bonchev–Trinajstić information content (AvgIpc) is 2.04. The SMILES string of the molecule is [B]c1cc(CS)cnc1CC. The predicted octanol–water partition coefficient (Wildman–Crippen LogP) is 0.868. The van der Waals surface area contributed by atoms with Crippen molar-refractivity contribution in [1.29, 1.82) is 0 Å². The van der Waals surface area contributed by atoms with Crippen LogP contribution in [-0.4, -0.2) is 12.8 Å². The fourth-order valence-corrected chi connectivity index (χ4v) is 1.11. The Hall–Kier alpha value is -0.435. The maximum absolute atomic E-state index is 5.71. The van der Waals surface area contributed by atoms with E-state index in [4.69, 9.17) is 7.85 Å². The lowest BCUT2D eigenvalue weighted by Gasteiger charge is -2.03. The monoisotopic (exact) mass is 163 g/mol. The molecule has 0 unspecified atom stereocenters. The number of aryl methyl sites for hydroxylation is 1. The Balaban J connectivity index is 2.99. The van der Waals surface area contributed by atoms with Crippen LogP contribution in [0.3, 0.4) is 0 Å². The third-order valence-electron chi connectivity index (χ3n) is 1.58. The van der Waals surface area contributed by atoms with Gasteiger partial charge in [0.15, 0.2) is 0 Å². The van der Waals surface area contributed by atoms with E-state index in [1.807, 2.05) is 19.2 Å². The van der Waals surface area contributed by atoms with Crippen LogP contribution >= 0.6 is 12.6 Å². The molecule has 0 atom stereocenters. The zero-order chi connectivity index (χ0) is 8.27. The summed E-state index contributed by atoms with van der Waals surface area (Å²) in [6.07, 6.45) is 2.71. The summed E-state index contributed by atoms with van der Waals surface area (Å²) in [5.74, 6) is 0.696. The first-order valence-corrected chi connectivity index (χ1v) is 4.25. The molecule has 1 aromatic heterocycles. The Kier molecular flexibility index (Phi) is 3.00. The number of hydrogen-bond donors (Lipinski definition) is 1. The van der Waals surface area contributed by atoms with E-state index in [-0.39, 0.29) is 0 Å². The maximum atomic E-state index is 5.71. The second-order valence-corrected chi connectivity index (χ2v) is 2.71. The Morgan fingerprint density at radius 3 is 2.82 bits per heavy atom. The number of rotatable bonds is 2. The first-order valence-electron chi connectivity index (χ1n) is 3.62. The van der Waals surface area contributed by atoms with Gasteiger partial charge in [0.25, 0.3) is 0 Å². The molecule has 0 bridgehead atoms. The first kappa shape index (κ1) is 8.66. The van der Waals surface area contributed by atoms with Gasteiger partial charge in [-0.1, -0.05) is 18.5 Å². The van der Waals surface area contributed by atoms with Crippen molar-refractivity contribution in [3.63, 3.8) is 0 Å². The summed E-state index contributed by atoms with van der Waals surface area (Å²) in [4.78, 5) is 4.19. The Bertz CT molecular complexity index is 250. The third kappa shape index (κ3) is 1.99. The largest absolute Gasteiger partial charge is 0.262 e. The van der Waals surface area contributed by atoms with E-state index in [0.717, 1.165) is 23.1 Å². The van der Waals surface area contributed by atoms with Crippen LogP contribution in [0.1, 0.15) is 18.2 Å². The summed E-state index contributed by atoms with van der Waals surface area (Å²) >= 11 is 4.13. The topological polar surface area (TPSA) is 12.9 Å². The number of pyridine rings is 1. The van der Waals surface area contributed by atoms with Crippen molar-refractivity contribution in [2.75, 3.05) is 0 Å². The van der Waals surface area contributed by atoms with Crippen LogP contribution < -0.4 is 5.46 Å². The summed E-state index contributed by atoms with van der Waals surface area (Å²) in [6.45, 7) is 2.04. The number of aromatic nitrogens is 1. The van der Waals surface area contributed by atoms with E-state index < -0.39 is 0 Å². The molecule has 1 heterocycles. The quantitative estimate of drug-likeness (QED) is 0.504. The molecule has 0 N–H and O–H groups in total. The number of hydrogen-bond acceptors (Lipinski definition) is 2. The molecule has 0 aliphatic heterocycles. The van der Waals surface area contributed by atoms with Crippen molar-refractivity contribution in [2.45, 2.75) is 19.1 Å². The molecule has 11 heavy (non-hydrogen) atoms. The minimum absolute atomic E-state index is 0.696. The van der Waals surface area contributed by atoms with Crippen LogP contribution in [0.25, 0.3) is 0 Å². The summed E-state index contributed by atoms with van der Waals surface area (Å²) in [5.41, 5.74) is 2.82. The molecule has 56 valence electrons. The lowest BCUT2D eigenvalue weighted by molar-refractivity contribution is 1.04. The van der Waals surface area contributed by atoms with E-state index in [0.29, 0.717) is 5.75 Å². The molecule has 0 aliphatic rings. The van der Waals surface area contributed by atoms with Crippen molar-refractivity contribution in [3.8, 4) is 0 Å². The molecule has 2 radical (unpaired) electrons. The maximum Gasteiger partial charge on any atom is 0.116 e. The van der Waals surface area contributed by atoms with Gasteiger partial charge in [-0.2, -0.15) is 12.6 Å². The summed E-state index contributed by atoms with van der Waals surface area (Å²) in [5, 5.41) is 0. The van der Waals surface area contributed by atoms with Crippen LogP contribution in [0, 0.1) is 0 Å².